The Morgan fingerprint density at radius 2 is 1.90 bits per heavy atom. The Balaban J connectivity index is 1.29. The molecule has 1 aromatic carbocycles. The molecule has 5 rings (SSSR count). The van der Waals surface area contributed by atoms with Gasteiger partial charge in [-0.1, -0.05) is 30.3 Å². The second-order valence-electron chi connectivity index (χ2n) is 9.76. The first-order valence-corrected chi connectivity index (χ1v) is 11.4. The number of aromatic amines is 1. The Bertz CT molecular complexity index is 768. The maximum atomic E-state index is 4.15. The molecule has 5 heteroatoms. The number of nitrogens with one attached hydrogen (secondary N) is 1. The Labute approximate surface area is 175 Å². The van der Waals surface area contributed by atoms with E-state index in [1.54, 1.807) is 0 Å². The first-order chi connectivity index (χ1) is 14.2. The van der Waals surface area contributed by atoms with E-state index in [-0.39, 0.29) is 0 Å². The van der Waals surface area contributed by atoms with Crippen molar-refractivity contribution in [2.45, 2.75) is 38.3 Å². The Kier molecular flexibility index (Phi) is 5.46. The van der Waals surface area contributed by atoms with Gasteiger partial charge in [-0.05, 0) is 63.4 Å². The van der Waals surface area contributed by atoms with E-state index in [1.165, 1.54) is 76.2 Å². The van der Waals surface area contributed by atoms with Gasteiger partial charge in [0, 0.05) is 56.1 Å². The highest BCUT2D eigenvalue weighted by Crippen LogP contribution is 2.47. The molecule has 2 atom stereocenters. The van der Waals surface area contributed by atoms with E-state index in [9.17, 15) is 0 Å². The van der Waals surface area contributed by atoms with Crippen LogP contribution in [0, 0.1) is 11.3 Å². The predicted octanol–water partition coefficient (Wildman–Crippen LogP) is 2.87. The Hall–Kier alpha value is -1.69. The van der Waals surface area contributed by atoms with Crippen LogP contribution in [-0.4, -0.2) is 77.3 Å². The van der Waals surface area contributed by atoms with Gasteiger partial charge in [0.25, 0.3) is 0 Å². The monoisotopic (exact) mass is 393 g/mol. The number of nitrogens with zero attached hydrogens (tertiary/aromatic N) is 4. The molecule has 3 fully saturated rings. The van der Waals surface area contributed by atoms with Crippen molar-refractivity contribution in [3.8, 4) is 0 Å². The van der Waals surface area contributed by atoms with Crippen LogP contribution < -0.4 is 0 Å². The van der Waals surface area contributed by atoms with Crippen LogP contribution in [-0.2, 0) is 13.0 Å². The van der Waals surface area contributed by atoms with Crippen LogP contribution in [0.4, 0.5) is 0 Å². The van der Waals surface area contributed by atoms with Crippen LogP contribution in [0.15, 0.2) is 42.6 Å². The molecular formula is C24H35N5. The summed E-state index contributed by atoms with van der Waals surface area (Å²) in [4.78, 5) is 8.04. The van der Waals surface area contributed by atoms with Gasteiger partial charge in [-0.3, -0.25) is 14.9 Å². The minimum atomic E-state index is 0.444. The highest BCUT2D eigenvalue weighted by atomic mass is 15.3. The molecule has 2 unspecified atom stereocenters. The number of aryl methyl sites for hydroxylation is 1. The van der Waals surface area contributed by atoms with E-state index in [2.05, 4.69) is 68.3 Å². The van der Waals surface area contributed by atoms with Gasteiger partial charge in [0.15, 0.2) is 0 Å². The van der Waals surface area contributed by atoms with Gasteiger partial charge in [0.1, 0.15) is 0 Å². The van der Waals surface area contributed by atoms with E-state index in [1.807, 2.05) is 6.20 Å². The smallest absolute Gasteiger partial charge is 0.0492 e. The predicted molar refractivity (Wildman–Crippen MR) is 117 cm³/mol. The zero-order chi connectivity index (χ0) is 19.7. The van der Waals surface area contributed by atoms with Crippen LogP contribution >= 0.6 is 0 Å². The molecule has 3 aliphatic heterocycles. The summed E-state index contributed by atoms with van der Waals surface area (Å²) in [5.41, 5.74) is 3.18. The number of likely N-dealkylation sites (tertiary alicyclic amines) is 3. The lowest BCUT2D eigenvalue weighted by molar-refractivity contribution is 0.116. The molecule has 2 aromatic rings. The molecule has 156 valence electrons. The molecule has 0 aliphatic carbocycles. The highest BCUT2D eigenvalue weighted by Gasteiger charge is 2.52. The van der Waals surface area contributed by atoms with E-state index >= 15 is 0 Å². The number of hydrogen-bond donors (Lipinski definition) is 1. The lowest BCUT2D eigenvalue weighted by Gasteiger charge is -2.37. The molecule has 0 radical (unpaired) electrons. The maximum Gasteiger partial charge on any atom is 0.0492 e. The molecule has 1 N–H and O–H groups in total. The fraction of sp³-hybridized carbons (Fsp3) is 0.625. The van der Waals surface area contributed by atoms with Crippen LogP contribution in [0.2, 0.25) is 0 Å². The van der Waals surface area contributed by atoms with Crippen molar-refractivity contribution < 1.29 is 0 Å². The van der Waals surface area contributed by atoms with Crippen molar-refractivity contribution in [1.29, 1.82) is 0 Å². The van der Waals surface area contributed by atoms with Gasteiger partial charge in [-0.15, -0.1) is 0 Å². The van der Waals surface area contributed by atoms with Crippen molar-refractivity contribution in [1.82, 2.24) is 24.9 Å². The first kappa shape index (κ1) is 19.3. The summed E-state index contributed by atoms with van der Waals surface area (Å²) in [6, 6.07) is 14.0. The van der Waals surface area contributed by atoms with E-state index < -0.39 is 0 Å². The van der Waals surface area contributed by atoms with E-state index in [0.717, 1.165) is 18.5 Å². The van der Waals surface area contributed by atoms with Crippen LogP contribution in [0.25, 0.3) is 0 Å². The maximum absolute atomic E-state index is 4.15. The molecule has 3 saturated heterocycles. The van der Waals surface area contributed by atoms with Gasteiger partial charge in [0.2, 0.25) is 0 Å². The Morgan fingerprint density at radius 3 is 2.66 bits per heavy atom. The molecule has 29 heavy (non-hydrogen) atoms. The van der Waals surface area contributed by atoms with Crippen LogP contribution in [0.3, 0.4) is 0 Å². The highest BCUT2D eigenvalue weighted by molar-refractivity contribution is 5.16. The average Bonchev–Trinajstić information content (AvgIpc) is 3.43. The quantitative estimate of drug-likeness (QED) is 0.819. The van der Waals surface area contributed by atoms with Crippen molar-refractivity contribution in [3.05, 3.63) is 53.9 Å². The number of H-pyrrole nitrogens is 1. The molecule has 0 saturated carbocycles. The molecular weight excluding hydrogens is 358 g/mol. The minimum absolute atomic E-state index is 0.444. The van der Waals surface area contributed by atoms with Crippen LogP contribution in [0.5, 0.6) is 0 Å². The summed E-state index contributed by atoms with van der Waals surface area (Å²) in [5, 5.41) is 7.30. The lowest BCUT2D eigenvalue weighted by Crippen LogP contribution is -2.44. The fourth-order valence-corrected chi connectivity index (χ4v) is 6.10. The van der Waals surface area contributed by atoms with Gasteiger partial charge in [-0.25, -0.2) is 0 Å². The van der Waals surface area contributed by atoms with Crippen molar-refractivity contribution in [2.24, 2.45) is 11.3 Å². The van der Waals surface area contributed by atoms with Crippen molar-refractivity contribution in [2.75, 3.05) is 46.3 Å². The number of piperidine rings is 1. The second kappa shape index (κ2) is 8.21. The molecule has 4 heterocycles. The third kappa shape index (κ3) is 4.14. The summed E-state index contributed by atoms with van der Waals surface area (Å²) < 4.78 is 0. The second-order valence-corrected chi connectivity index (χ2v) is 9.76. The summed E-state index contributed by atoms with van der Waals surface area (Å²) in [5.74, 6) is 0.800. The molecule has 1 aromatic heterocycles. The van der Waals surface area contributed by atoms with Gasteiger partial charge in [0.05, 0.1) is 0 Å². The van der Waals surface area contributed by atoms with Gasteiger partial charge >= 0.3 is 0 Å². The fourth-order valence-electron chi connectivity index (χ4n) is 6.10. The number of hydrogen-bond acceptors (Lipinski definition) is 4. The largest absolute Gasteiger partial charge is 0.306 e. The molecule has 5 nitrogen and oxygen atoms in total. The third-order valence-electron chi connectivity index (χ3n) is 7.77. The third-order valence-corrected chi connectivity index (χ3v) is 7.77. The number of fused-ring (bicyclic) bond motifs is 1. The summed E-state index contributed by atoms with van der Waals surface area (Å²) >= 11 is 0. The zero-order valence-electron chi connectivity index (χ0n) is 17.8. The normalized spacial score (nSPS) is 29.5. The summed E-state index contributed by atoms with van der Waals surface area (Å²) in [7, 11) is 2.27. The number of aromatic nitrogens is 2. The number of benzene rings is 1. The molecule has 0 bridgehead atoms. The average molecular weight is 394 g/mol. The Morgan fingerprint density at radius 1 is 1.07 bits per heavy atom. The molecule has 3 aliphatic rings. The lowest BCUT2D eigenvalue weighted by atomic mass is 9.76. The minimum Gasteiger partial charge on any atom is -0.306 e. The summed E-state index contributed by atoms with van der Waals surface area (Å²) in [6.07, 6.45) is 7.08. The molecule has 0 spiro atoms. The van der Waals surface area contributed by atoms with E-state index in [4.69, 9.17) is 0 Å². The standard InChI is InChI=1S/C24H35N5/c1-27-13-9-23(10-14-27)29-16-21-15-28(17-22-8-12-25-26-22)18-24(21,19-29)11-7-20-5-3-2-4-6-20/h2-6,8,12,21,23H,7,9-11,13-19H2,1H3,(H,25,26). The van der Waals surface area contributed by atoms with Gasteiger partial charge in [-0.2, -0.15) is 5.10 Å². The molecule has 0 amide bonds. The zero-order valence-corrected chi connectivity index (χ0v) is 17.8. The van der Waals surface area contributed by atoms with Crippen molar-refractivity contribution >= 4 is 0 Å². The van der Waals surface area contributed by atoms with Crippen LogP contribution in [0.1, 0.15) is 30.5 Å². The number of rotatable bonds is 6. The van der Waals surface area contributed by atoms with Gasteiger partial charge < -0.3 is 4.90 Å². The van der Waals surface area contributed by atoms with Crippen molar-refractivity contribution in [3.63, 3.8) is 0 Å². The SMILES string of the molecule is CN1CCC(N2CC3CN(Cc4ccn[nH]4)CC3(CCc3ccccc3)C2)CC1. The summed E-state index contributed by atoms with van der Waals surface area (Å²) in [6.45, 7) is 8.58. The topological polar surface area (TPSA) is 38.4 Å². The first-order valence-electron chi connectivity index (χ1n) is 11.4. The van der Waals surface area contributed by atoms with E-state index in [0.29, 0.717) is 5.41 Å².